The van der Waals surface area contributed by atoms with Crippen LogP contribution in [0.25, 0.3) is 11.1 Å². The van der Waals surface area contributed by atoms with Gasteiger partial charge in [-0.05, 0) is 111 Å². The second-order valence-corrected chi connectivity index (χ2v) is 26.1. The van der Waals surface area contributed by atoms with Gasteiger partial charge in [-0.3, -0.25) is 38.9 Å². The fourth-order valence-corrected chi connectivity index (χ4v) is 11.2. The number of nitrogens with zero attached hydrogens (tertiary/aromatic N) is 7. The SMILES string of the molecule is CC(=O)N1c2ccc(-c3ccc(NC(=O)CCOCCOCCOCCOCCOCCOCCOCCOCCNC(=O)c4cc(NC(=O)c5nc(NC(=O)CCNC(=O)c6cc(NC(=O)c7nc(NC(=O)OC(C)(C)C)cn7C)cn6C)cn5C)cn4C)cc3)cc2[C@H](Nc2ccc(Cl)cc2)C[C@@H]1C. The molecule has 8 amide bonds. The molecule has 1 aliphatic heterocycles. The number of nitrogens with one attached hydrogen (secondary N) is 8. The van der Waals surface area contributed by atoms with Crippen molar-refractivity contribution in [3.8, 4) is 11.1 Å². The Hall–Kier alpha value is -10.0. The number of hydrogen-bond acceptors (Lipinski definition) is 20. The van der Waals surface area contributed by atoms with Gasteiger partial charge in [0.05, 0.1) is 130 Å². The Morgan fingerprint density at radius 1 is 0.472 bits per heavy atom. The van der Waals surface area contributed by atoms with E-state index in [4.69, 9.17) is 54.2 Å². The van der Waals surface area contributed by atoms with Crippen LogP contribution in [-0.2, 0) is 85.2 Å². The highest BCUT2D eigenvalue weighted by Gasteiger charge is 2.33. The number of hydrogen-bond donors (Lipinski definition) is 8. The minimum absolute atomic E-state index is 0.0000265. The Kier molecular flexibility index (Phi) is 31.6. The van der Waals surface area contributed by atoms with Crippen LogP contribution in [0.2, 0.25) is 5.02 Å². The molecule has 4 aromatic heterocycles. The highest BCUT2D eigenvalue weighted by atomic mass is 35.5. The molecule has 1 aliphatic rings. The van der Waals surface area contributed by atoms with Gasteiger partial charge >= 0.3 is 6.09 Å². The zero-order chi connectivity index (χ0) is 76.1. The topological polar surface area (TPSA) is 365 Å². The number of fused-ring (bicyclic) bond motifs is 1. The third-order valence-electron chi connectivity index (χ3n) is 16.0. The van der Waals surface area contributed by atoms with Crippen LogP contribution in [0.5, 0.6) is 0 Å². The van der Waals surface area contributed by atoms with Crippen LogP contribution in [0.4, 0.5) is 44.9 Å². The van der Waals surface area contributed by atoms with Crippen LogP contribution in [-0.4, -0.2) is 206 Å². The number of anilines is 7. The molecule has 2 atom stereocenters. The molecule has 106 heavy (non-hydrogen) atoms. The lowest BCUT2D eigenvalue weighted by Gasteiger charge is -2.39. The van der Waals surface area contributed by atoms with Gasteiger partial charge in [-0.1, -0.05) is 29.8 Å². The van der Waals surface area contributed by atoms with E-state index in [1.807, 2.05) is 65.6 Å². The molecule has 33 heteroatoms. The summed E-state index contributed by atoms with van der Waals surface area (Å²) in [6.07, 6.45) is 6.09. The van der Waals surface area contributed by atoms with Crippen LogP contribution < -0.4 is 47.4 Å². The lowest BCUT2D eigenvalue weighted by atomic mass is 9.89. The molecule has 8 N–H and O–H groups in total. The van der Waals surface area contributed by atoms with Gasteiger partial charge in [0.1, 0.15) is 17.0 Å². The predicted molar refractivity (Wildman–Crippen MR) is 398 cm³/mol. The summed E-state index contributed by atoms with van der Waals surface area (Å²) in [5.41, 5.74) is 5.91. The van der Waals surface area contributed by atoms with E-state index in [0.29, 0.717) is 115 Å². The number of amides is 8. The van der Waals surface area contributed by atoms with Crippen molar-refractivity contribution in [2.75, 3.05) is 156 Å². The van der Waals surface area contributed by atoms with Crippen LogP contribution in [0.3, 0.4) is 0 Å². The van der Waals surface area contributed by atoms with Crippen LogP contribution in [0.15, 0.2) is 104 Å². The van der Waals surface area contributed by atoms with E-state index in [2.05, 4.69) is 65.5 Å². The standard InChI is InChI=1S/C73H96ClN15O17/c1-48-40-58(77-53-17-13-52(74)14-18-53)57-41-51(12-19-59(57)89(48)49(2)90)50-10-15-54(16-11-50)78-65(92)21-24-98-26-28-100-30-32-102-34-36-104-38-39-105-37-35-103-33-31-101-29-27-99-25-23-76-69(94)61-43-56(45-86(61)7)79-70(95)66-82-62(46-87(66)8)81-64(91)20-22-75-68(93)60-42-55(44-85(60)6)80-71(96)67-83-63(47-88(67)9)84-72(97)106-73(3,4)5/h10-19,41-48,58,77H,20-40H2,1-9H3,(H,75,93)(H,76,94)(H,78,92)(H,79,95)(H,80,96)(H,81,91)(H,84,97)/t48-,58+/m0/s1. The average molecular weight is 1490 g/mol. The van der Waals surface area contributed by atoms with Crippen LogP contribution in [0, 0.1) is 0 Å². The monoisotopic (exact) mass is 1490 g/mol. The molecule has 0 radical (unpaired) electrons. The summed E-state index contributed by atoms with van der Waals surface area (Å²) in [5.74, 6) is -2.55. The van der Waals surface area contributed by atoms with Gasteiger partial charge in [0.25, 0.3) is 23.6 Å². The fraction of sp³-hybridized carbons (Fsp3) is 0.452. The summed E-state index contributed by atoms with van der Waals surface area (Å²) in [6, 6.07) is 24.4. The van der Waals surface area contributed by atoms with Crippen molar-refractivity contribution in [3.63, 3.8) is 0 Å². The molecule has 0 saturated heterocycles. The molecule has 0 saturated carbocycles. The first-order valence-corrected chi connectivity index (χ1v) is 35.1. The van der Waals surface area contributed by atoms with Crippen molar-refractivity contribution in [1.82, 2.24) is 38.9 Å². The first kappa shape index (κ1) is 81.6. The van der Waals surface area contributed by atoms with Crippen molar-refractivity contribution in [3.05, 3.63) is 137 Å². The number of ether oxygens (including phenoxy) is 9. The number of rotatable bonds is 42. The van der Waals surface area contributed by atoms with Crippen molar-refractivity contribution >= 4 is 99.1 Å². The molecule has 0 unspecified atom stereocenters. The normalized spacial score (nSPS) is 13.4. The zero-order valence-corrected chi connectivity index (χ0v) is 62.0. The van der Waals surface area contributed by atoms with Gasteiger partial charge in [-0.2, -0.15) is 0 Å². The lowest BCUT2D eigenvalue weighted by molar-refractivity contribution is -0.118. The fourth-order valence-electron chi connectivity index (χ4n) is 11.1. The van der Waals surface area contributed by atoms with E-state index in [9.17, 15) is 38.4 Å². The van der Waals surface area contributed by atoms with Crippen molar-refractivity contribution < 1.29 is 81.0 Å². The molecule has 5 heterocycles. The molecule has 0 spiro atoms. The first-order valence-electron chi connectivity index (χ1n) is 34.7. The predicted octanol–water partition coefficient (Wildman–Crippen LogP) is 7.95. The quantitative estimate of drug-likeness (QED) is 0.0168. The number of imidazole rings is 2. The number of aryl methyl sites for hydroxylation is 4. The molecular formula is C73H96ClN15O17. The number of carbonyl (C=O) groups is 8. The van der Waals surface area contributed by atoms with Gasteiger partial charge in [0, 0.05) is 108 Å². The van der Waals surface area contributed by atoms with Gasteiger partial charge in [0.15, 0.2) is 11.6 Å². The zero-order valence-electron chi connectivity index (χ0n) is 61.3. The van der Waals surface area contributed by atoms with Crippen molar-refractivity contribution in [1.29, 1.82) is 0 Å². The molecule has 8 rings (SSSR count). The van der Waals surface area contributed by atoms with Crippen LogP contribution >= 0.6 is 11.6 Å². The van der Waals surface area contributed by atoms with Gasteiger partial charge in [-0.25, -0.2) is 14.8 Å². The highest BCUT2D eigenvalue weighted by molar-refractivity contribution is 6.30. The van der Waals surface area contributed by atoms with E-state index in [1.165, 1.54) is 44.4 Å². The summed E-state index contributed by atoms with van der Waals surface area (Å²) in [5, 5.41) is 23.2. The largest absolute Gasteiger partial charge is 0.444 e. The molecule has 32 nitrogen and oxygen atoms in total. The molecule has 7 aromatic rings. The Morgan fingerprint density at radius 2 is 0.915 bits per heavy atom. The minimum atomic E-state index is -0.729. The molecular weight excluding hydrogens is 1390 g/mol. The maximum absolute atomic E-state index is 13.3. The number of carbonyl (C=O) groups excluding carboxylic acids is 8. The van der Waals surface area contributed by atoms with E-state index in [1.54, 1.807) is 66.6 Å². The third-order valence-corrected chi connectivity index (χ3v) is 16.3. The Balaban J connectivity index is 0.567. The van der Waals surface area contributed by atoms with E-state index >= 15 is 0 Å². The van der Waals surface area contributed by atoms with E-state index in [-0.39, 0.29) is 104 Å². The van der Waals surface area contributed by atoms with Crippen molar-refractivity contribution in [2.24, 2.45) is 28.2 Å². The highest BCUT2D eigenvalue weighted by Crippen LogP contribution is 2.41. The smallest absolute Gasteiger partial charge is 0.413 e. The Morgan fingerprint density at radius 3 is 1.41 bits per heavy atom. The minimum Gasteiger partial charge on any atom is -0.444 e. The average Bonchev–Trinajstić information content (AvgIpc) is 1.18. The second kappa shape index (κ2) is 41.0. The Labute approximate surface area is 620 Å². The van der Waals surface area contributed by atoms with Gasteiger partial charge < -0.3 is 103 Å². The first-order chi connectivity index (χ1) is 50.9. The van der Waals surface area contributed by atoms with Crippen LogP contribution in [0.1, 0.15) is 108 Å². The van der Waals surface area contributed by atoms with Gasteiger partial charge in [-0.15, -0.1) is 0 Å². The number of aromatic nitrogens is 6. The molecule has 0 fully saturated rings. The molecule has 0 bridgehead atoms. The maximum atomic E-state index is 13.3. The molecule has 572 valence electrons. The second-order valence-electron chi connectivity index (χ2n) is 25.6. The third kappa shape index (κ3) is 26.2. The summed E-state index contributed by atoms with van der Waals surface area (Å²) in [6.45, 7) is 14.8. The molecule has 3 aromatic carbocycles. The number of halogens is 1. The molecule has 0 aliphatic carbocycles. The summed E-state index contributed by atoms with van der Waals surface area (Å²) >= 11 is 6.14. The van der Waals surface area contributed by atoms with E-state index in [0.717, 1.165) is 34.5 Å². The van der Waals surface area contributed by atoms with Gasteiger partial charge in [0.2, 0.25) is 29.4 Å². The lowest BCUT2D eigenvalue weighted by Crippen LogP contribution is -2.43. The van der Waals surface area contributed by atoms with Crippen molar-refractivity contribution in [2.45, 2.75) is 71.6 Å². The summed E-state index contributed by atoms with van der Waals surface area (Å²) < 4.78 is 55.7. The summed E-state index contributed by atoms with van der Waals surface area (Å²) in [7, 11) is 6.44. The summed E-state index contributed by atoms with van der Waals surface area (Å²) in [4.78, 5) is 113. The maximum Gasteiger partial charge on any atom is 0.413 e. The number of benzene rings is 3. The van der Waals surface area contributed by atoms with E-state index < -0.39 is 35.3 Å². The Bertz CT molecular complexity index is 4070.